The van der Waals surface area contributed by atoms with Crippen LogP contribution in [0.3, 0.4) is 0 Å². The van der Waals surface area contributed by atoms with E-state index in [4.69, 9.17) is 5.73 Å². The van der Waals surface area contributed by atoms with Crippen LogP contribution in [0.5, 0.6) is 0 Å². The Hall–Kier alpha value is -1.69. The van der Waals surface area contributed by atoms with E-state index in [1.807, 2.05) is 6.92 Å². The van der Waals surface area contributed by atoms with Crippen molar-refractivity contribution in [2.75, 3.05) is 18.9 Å². The van der Waals surface area contributed by atoms with Crippen LogP contribution in [-0.2, 0) is 0 Å². The molecule has 1 unspecified atom stereocenters. The van der Waals surface area contributed by atoms with Crippen LogP contribution in [0, 0.1) is 11.6 Å². The highest BCUT2D eigenvalue weighted by Crippen LogP contribution is 2.15. The lowest BCUT2D eigenvalue weighted by atomic mass is 10.2. The molecule has 4 nitrogen and oxygen atoms in total. The van der Waals surface area contributed by atoms with Crippen LogP contribution in [-0.4, -0.2) is 30.6 Å². The van der Waals surface area contributed by atoms with Gasteiger partial charge in [0, 0.05) is 19.2 Å². The zero-order chi connectivity index (χ0) is 13.7. The Balaban J connectivity index is 2.69. The maximum atomic E-state index is 13.3. The number of rotatable bonds is 4. The van der Waals surface area contributed by atoms with E-state index in [1.165, 1.54) is 11.0 Å². The first-order chi connectivity index (χ1) is 8.45. The van der Waals surface area contributed by atoms with Gasteiger partial charge in [-0.05, 0) is 32.0 Å². The summed E-state index contributed by atoms with van der Waals surface area (Å²) >= 11 is 0. The van der Waals surface area contributed by atoms with E-state index in [1.54, 1.807) is 7.05 Å². The molecule has 0 saturated heterocycles. The second-order valence-corrected chi connectivity index (χ2v) is 4.09. The summed E-state index contributed by atoms with van der Waals surface area (Å²) in [5.74, 6) is -1.49. The zero-order valence-corrected chi connectivity index (χ0v) is 10.4. The molecule has 0 spiro atoms. The van der Waals surface area contributed by atoms with Crippen molar-refractivity contribution in [1.29, 1.82) is 0 Å². The number of benzene rings is 1. The Morgan fingerprint density at radius 1 is 1.50 bits per heavy atom. The average Bonchev–Trinajstić information content (AvgIpc) is 2.32. The molecule has 18 heavy (non-hydrogen) atoms. The molecule has 0 aliphatic heterocycles. The van der Waals surface area contributed by atoms with Gasteiger partial charge < -0.3 is 16.0 Å². The molecule has 100 valence electrons. The van der Waals surface area contributed by atoms with Crippen molar-refractivity contribution >= 4 is 11.7 Å². The van der Waals surface area contributed by atoms with Gasteiger partial charge in [0.05, 0.1) is 5.69 Å². The largest absolute Gasteiger partial charge is 0.330 e. The van der Waals surface area contributed by atoms with Gasteiger partial charge in [-0.1, -0.05) is 0 Å². The van der Waals surface area contributed by atoms with Crippen LogP contribution in [0.15, 0.2) is 18.2 Å². The number of anilines is 1. The highest BCUT2D eigenvalue weighted by atomic mass is 19.1. The maximum absolute atomic E-state index is 13.3. The Labute approximate surface area is 105 Å². The van der Waals surface area contributed by atoms with Crippen LogP contribution in [0.25, 0.3) is 0 Å². The fraction of sp³-hybridized carbons (Fsp3) is 0.417. The molecule has 2 amide bonds. The summed E-state index contributed by atoms with van der Waals surface area (Å²) in [6.07, 6.45) is 0.649. The minimum Gasteiger partial charge on any atom is -0.330 e. The summed E-state index contributed by atoms with van der Waals surface area (Å²) in [6.45, 7) is 2.30. The highest BCUT2D eigenvalue weighted by molar-refractivity contribution is 5.89. The molecule has 0 saturated carbocycles. The SMILES string of the molecule is CC(CCN)N(C)C(=O)Nc1ccc(F)cc1F. The van der Waals surface area contributed by atoms with E-state index in [9.17, 15) is 13.6 Å². The van der Waals surface area contributed by atoms with Gasteiger partial charge in [-0.3, -0.25) is 0 Å². The summed E-state index contributed by atoms with van der Waals surface area (Å²) < 4.78 is 26.0. The summed E-state index contributed by atoms with van der Waals surface area (Å²) in [7, 11) is 1.59. The summed E-state index contributed by atoms with van der Waals surface area (Å²) in [5.41, 5.74) is 5.35. The molecule has 0 aliphatic rings. The third kappa shape index (κ3) is 3.66. The first-order valence-electron chi connectivity index (χ1n) is 5.64. The number of hydrogen-bond donors (Lipinski definition) is 2. The molecule has 6 heteroatoms. The molecular weight excluding hydrogens is 240 g/mol. The number of hydrogen-bond acceptors (Lipinski definition) is 2. The quantitative estimate of drug-likeness (QED) is 0.868. The van der Waals surface area contributed by atoms with E-state index < -0.39 is 17.7 Å². The van der Waals surface area contributed by atoms with Crippen molar-refractivity contribution in [3.05, 3.63) is 29.8 Å². The molecule has 1 aromatic carbocycles. The molecule has 1 atom stereocenters. The summed E-state index contributed by atoms with van der Waals surface area (Å²) in [5, 5.41) is 2.38. The monoisotopic (exact) mass is 257 g/mol. The Morgan fingerprint density at radius 3 is 2.72 bits per heavy atom. The molecule has 0 fully saturated rings. The first kappa shape index (κ1) is 14.4. The van der Waals surface area contributed by atoms with Crippen molar-refractivity contribution < 1.29 is 13.6 Å². The van der Waals surface area contributed by atoms with E-state index in [-0.39, 0.29) is 11.7 Å². The maximum Gasteiger partial charge on any atom is 0.321 e. The first-order valence-corrected chi connectivity index (χ1v) is 5.64. The van der Waals surface area contributed by atoms with Gasteiger partial charge in [0.25, 0.3) is 0 Å². The van der Waals surface area contributed by atoms with Crippen LogP contribution in [0.4, 0.5) is 19.3 Å². The van der Waals surface area contributed by atoms with Gasteiger partial charge in [-0.2, -0.15) is 0 Å². The number of amides is 2. The van der Waals surface area contributed by atoms with E-state index in [0.717, 1.165) is 12.1 Å². The van der Waals surface area contributed by atoms with Crippen molar-refractivity contribution in [1.82, 2.24) is 4.90 Å². The Bertz CT molecular complexity index is 426. The van der Waals surface area contributed by atoms with Crippen LogP contribution in [0.1, 0.15) is 13.3 Å². The lowest BCUT2D eigenvalue weighted by molar-refractivity contribution is 0.205. The number of nitrogens with one attached hydrogen (secondary N) is 1. The minimum atomic E-state index is -0.803. The fourth-order valence-electron chi connectivity index (χ4n) is 1.43. The standard InChI is InChI=1S/C12H17F2N3O/c1-8(5-6-15)17(2)12(18)16-11-4-3-9(13)7-10(11)14/h3-4,7-8H,5-6,15H2,1-2H3,(H,16,18). The van der Waals surface area contributed by atoms with Crippen LogP contribution in [0.2, 0.25) is 0 Å². The second kappa shape index (κ2) is 6.30. The third-order valence-corrected chi connectivity index (χ3v) is 2.74. The normalized spacial score (nSPS) is 12.1. The summed E-state index contributed by atoms with van der Waals surface area (Å²) in [4.78, 5) is 13.2. The second-order valence-electron chi connectivity index (χ2n) is 4.09. The number of carbonyl (C=O) groups excluding carboxylic acids is 1. The number of urea groups is 1. The average molecular weight is 257 g/mol. The van der Waals surface area contributed by atoms with Crippen LogP contribution < -0.4 is 11.1 Å². The molecule has 0 aliphatic carbocycles. The topological polar surface area (TPSA) is 58.4 Å². The predicted molar refractivity (Wildman–Crippen MR) is 66.3 cm³/mol. The smallest absolute Gasteiger partial charge is 0.321 e. The van der Waals surface area contributed by atoms with E-state index in [0.29, 0.717) is 13.0 Å². The number of halogens is 2. The molecule has 1 aromatic rings. The number of nitrogens with two attached hydrogens (primary N) is 1. The van der Waals surface area contributed by atoms with Crippen molar-refractivity contribution in [3.8, 4) is 0 Å². The fourth-order valence-corrected chi connectivity index (χ4v) is 1.43. The van der Waals surface area contributed by atoms with E-state index in [2.05, 4.69) is 5.32 Å². The van der Waals surface area contributed by atoms with Gasteiger partial charge in [-0.25, -0.2) is 13.6 Å². The van der Waals surface area contributed by atoms with Crippen molar-refractivity contribution in [2.45, 2.75) is 19.4 Å². The number of nitrogens with zero attached hydrogens (tertiary/aromatic N) is 1. The van der Waals surface area contributed by atoms with Gasteiger partial charge in [0.2, 0.25) is 0 Å². The predicted octanol–water partition coefficient (Wildman–Crippen LogP) is 2.17. The molecule has 0 radical (unpaired) electrons. The van der Waals surface area contributed by atoms with Gasteiger partial charge in [0.1, 0.15) is 11.6 Å². The molecule has 0 bridgehead atoms. The molecule has 0 aromatic heterocycles. The van der Waals surface area contributed by atoms with Crippen LogP contribution >= 0.6 is 0 Å². The third-order valence-electron chi connectivity index (χ3n) is 2.74. The van der Waals surface area contributed by atoms with Gasteiger partial charge in [0.15, 0.2) is 0 Å². The molecular formula is C12H17F2N3O. The lowest BCUT2D eigenvalue weighted by Gasteiger charge is -2.24. The molecule has 3 N–H and O–H groups in total. The Morgan fingerprint density at radius 2 is 2.17 bits per heavy atom. The highest BCUT2D eigenvalue weighted by Gasteiger charge is 2.16. The van der Waals surface area contributed by atoms with Crippen molar-refractivity contribution in [2.24, 2.45) is 5.73 Å². The molecule has 1 rings (SSSR count). The number of carbonyl (C=O) groups is 1. The summed E-state index contributed by atoms with van der Waals surface area (Å²) in [6, 6.07) is 2.48. The van der Waals surface area contributed by atoms with Gasteiger partial charge in [-0.15, -0.1) is 0 Å². The van der Waals surface area contributed by atoms with E-state index >= 15 is 0 Å². The lowest BCUT2D eigenvalue weighted by Crippen LogP contribution is -2.39. The minimum absolute atomic E-state index is 0.0480. The molecule has 0 heterocycles. The zero-order valence-electron chi connectivity index (χ0n) is 10.4. The van der Waals surface area contributed by atoms with Crippen molar-refractivity contribution in [3.63, 3.8) is 0 Å². The Kier molecular flexibility index (Phi) is 5.03. The van der Waals surface area contributed by atoms with Gasteiger partial charge >= 0.3 is 6.03 Å².